The van der Waals surface area contributed by atoms with Crippen LogP contribution in [0.3, 0.4) is 0 Å². The molecule has 4 nitrogen and oxygen atoms in total. The molecule has 4 rings (SSSR count). The molecule has 1 atom stereocenters. The fourth-order valence-corrected chi connectivity index (χ4v) is 3.94. The monoisotopic (exact) mass is 397 g/mol. The third-order valence-electron chi connectivity index (χ3n) is 5.42. The van der Waals surface area contributed by atoms with Crippen LogP contribution < -0.4 is 5.32 Å². The minimum Gasteiger partial charge on any atom is -0.342 e. The molecule has 4 aromatic rings. The molecule has 4 heteroatoms. The van der Waals surface area contributed by atoms with E-state index in [2.05, 4.69) is 35.0 Å². The van der Waals surface area contributed by atoms with Crippen LogP contribution in [-0.2, 0) is 13.0 Å². The van der Waals surface area contributed by atoms with E-state index in [9.17, 15) is 4.79 Å². The summed E-state index contributed by atoms with van der Waals surface area (Å²) in [4.78, 5) is 18.1. The minimum absolute atomic E-state index is 0.0656. The highest BCUT2D eigenvalue weighted by Gasteiger charge is 2.23. The van der Waals surface area contributed by atoms with E-state index in [1.807, 2.05) is 67.6 Å². The average molecular weight is 398 g/mol. The molecule has 0 saturated carbocycles. The quantitative estimate of drug-likeness (QED) is 0.450. The summed E-state index contributed by atoms with van der Waals surface area (Å²) in [6.45, 7) is 4.99. The minimum atomic E-state index is -0.224. The Bertz CT molecular complexity index is 1150. The summed E-state index contributed by atoms with van der Waals surface area (Å²) in [6, 6.07) is 25.9. The van der Waals surface area contributed by atoms with Crippen molar-refractivity contribution in [2.24, 2.45) is 0 Å². The lowest BCUT2D eigenvalue weighted by Crippen LogP contribution is -2.32. The lowest BCUT2D eigenvalue weighted by atomic mass is 10.0. The Labute approximate surface area is 177 Å². The van der Waals surface area contributed by atoms with Gasteiger partial charge >= 0.3 is 0 Å². The van der Waals surface area contributed by atoms with E-state index in [0.717, 1.165) is 35.4 Å². The first-order chi connectivity index (χ1) is 14.7. The lowest BCUT2D eigenvalue weighted by Gasteiger charge is -2.21. The standard InChI is InChI=1S/C26H27N3O/c1-3-17-29-24-16-10-9-15-22(24)27-25(29)23(18-20-12-5-4-6-13-20)28-26(30)21-14-8-7-11-19(21)2/h4-16,23H,3,17-18H2,1-2H3,(H,28,30)/t23-/m0/s1. The van der Waals surface area contributed by atoms with Gasteiger partial charge in [-0.1, -0.05) is 67.6 Å². The number of para-hydroxylation sites is 2. The van der Waals surface area contributed by atoms with Crippen LogP contribution in [0.1, 0.15) is 46.7 Å². The Morgan fingerprint density at radius 2 is 1.67 bits per heavy atom. The summed E-state index contributed by atoms with van der Waals surface area (Å²) >= 11 is 0. The number of nitrogens with zero attached hydrogens (tertiary/aromatic N) is 2. The van der Waals surface area contributed by atoms with Gasteiger partial charge in [-0.15, -0.1) is 0 Å². The first-order valence-corrected chi connectivity index (χ1v) is 10.5. The third kappa shape index (κ3) is 4.13. The van der Waals surface area contributed by atoms with Gasteiger partial charge < -0.3 is 9.88 Å². The summed E-state index contributed by atoms with van der Waals surface area (Å²) < 4.78 is 2.25. The summed E-state index contributed by atoms with van der Waals surface area (Å²) in [5.41, 5.74) is 4.91. The number of aryl methyl sites for hydroxylation is 2. The van der Waals surface area contributed by atoms with Crippen molar-refractivity contribution in [3.8, 4) is 0 Å². The van der Waals surface area contributed by atoms with Crippen molar-refractivity contribution >= 4 is 16.9 Å². The largest absolute Gasteiger partial charge is 0.342 e. The molecule has 0 aliphatic rings. The second-order valence-electron chi connectivity index (χ2n) is 7.64. The SMILES string of the molecule is CCCn1c([C@H](Cc2ccccc2)NC(=O)c2ccccc2C)nc2ccccc21. The number of carbonyl (C=O) groups is 1. The molecule has 0 aliphatic carbocycles. The van der Waals surface area contributed by atoms with Gasteiger partial charge in [0, 0.05) is 12.1 Å². The van der Waals surface area contributed by atoms with E-state index in [-0.39, 0.29) is 11.9 Å². The van der Waals surface area contributed by atoms with Crippen molar-refractivity contribution in [3.63, 3.8) is 0 Å². The molecule has 1 heterocycles. The molecule has 3 aromatic carbocycles. The highest BCUT2D eigenvalue weighted by atomic mass is 16.1. The predicted molar refractivity (Wildman–Crippen MR) is 122 cm³/mol. The second-order valence-corrected chi connectivity index (χ2v) is 7.64. The van der Waals surface area contributed by atoms with Gasteiger partial charge in [-0.25, -0.2) is 4.98 Å². The predicted octanol–water partition coefficient (Wildman–Crippen LogP) is 5.47. The van der Waals surface area contributed by atoms with Crippen molar-refractivity contribution in [3.05, 3.63) is 101 Å². The van der Waals surface area contributed by atoms with Crippen molar-refractivity contribution < 1.29 is 4.79 Å². The van der Waals surface area contributed by atoms with Gasteiger partial charge in [0.05, 0.1) is 17.1 Å². The van der Waals surface area contributed by atoms with E-state index in [0.29, 0.717) is 12.0 Å². The third-order valence-corrected chi connectivity index (χ3v) is 5.42. The Morgan fingerprint density at radius 1 is 0.967 bits per heavy atom. The maximum atomic E-state index is 13.2. The Balaban J connectivity index is 1.76. The number of aromatic nitrogens is 2. The number of imidazole rings is 1. The number of nitrogens with one attached hydrogen (secondary N) is 1. The van der Waals surface area contributed by atoms with Crippen LogP contribution in [0.2, 0.25) is 0 Å². The van der Waals surface area contributed by atoms with E-state index in [1.54, 1.807) is 0 Å². The maximum absolute atomic E-state index is 13.2. The Kier molecular flexibility index (Phi) is 5.94. The molecular formula is C26H27N3O. The Hall–Kier alpha value is -3.40. The Morgan fingerprint density at radius 3 is 2.43 bits per heavy atom. The summed E-state index contributed by atoms with van der Waals surface area (Å²) in [7, 11) is 0. The molecule has 0 saturated heterocycles. The summed E-state index contributed by atoms with van der Waals surface area (Å²) in [6.07, 6.45) is 1.68. The highest BCUT2D eigenvalue weighted by Crippen LogP contribution is 2.25. The zero-order valence-electron chi connectivity index (χ0n) is 17.5. The van der Waals surface area contributed by atoms with Crippen molar-refractivity contribution in [1.82, 2.24) is 14.9 Å². The van der Waals surface area contributed by atoms with Crippen LogP contribution in [0.5, 0.6) is 0 Å². The molecule has 0 aliphatic heterocycles. The molecule has 0 fully saturated rings. The lowest BCUT2D eigenvalue weighted by molar-refractivity contribution is 0.0933. The van der Waals surface area contributed by atoms with E-state index < -0.39 is 0 Å². The molecule has 30 heavy (non-hydrogen) atoms. The number of hydrogen-bond acceptors (Lipinski definition) is 2. The van der Waals surface area contributed by atoms with E-state index in [1.165, 1.54) is 5.56 Å². The zero-order valence-corrected chi connectivity index (χ0v) is 17.5. The molecule has 0 unspecified atom stereocenters. The van der Waals surface area contributed by atoms with Gasteiger partial charge in [0.15, 0.2) is 0 Å². The van der Waals surface area contributed by atoms with E-state index in [4.69, 9.17) is 4.98 Å². The molecule has 1 N–H and O–H groups in total. The summed E-state index contributed by atoms with van der Waals surface area (Å²) in [5.74, 6) is 0.841. The van der Waals surface area contributed by atoms with Crippen LogP contribution in [0, 0.1) is 6.92 Å². The maximum Gasteiger partial charge on any atom is 0.252 e. The van der Waals surface area contributed by atoms with E-state index >= 15 is 0 Å². The van der Waals surface area contributed by atoms with Gasteiger partial charge in [0.1, 0.15) is 5.82 Å². The second kappa shape index (κ2) is 8.95. The molecule has 0 radical (unpaired) electrons. The molecular weight excluding hydrogens is 370 g/mol. The van der Waals surface area contributed by atoms with Crippen LogP contribution in [0.25, 0.3) is 11.0 Å². The zero-order chi connectivity index (χ0) is 20.9. The molecule has 0 spiro atoms. The van der Waals surface area contributed by atoms with Gasteiger partial charge in [0.2, 0.25) is 0 Å². The normalized spacial score (nSPS) is 12.1. The fraction of sp³-hybridized carbons (Fsp3) is 0.231. The first kappa shape index (κ1) is 19.9. The van der Waals surface area contributed by atoms with Gasteiger partial charge in [-0.3, -0.25) is 4.79 Å². The first-order valence-electron chi connectivity index (χ1n) is 10.5. The highest BCUT2D eigenvalue weighted by molar-refractivity contribution is 5.95. The molecule has 1 amide bonds. The average Bonchev–Trinajstić information content (AvgIpc) is 3.13. The van der Waals surface area contributed by atoms with Crippen LogP contribution in [0.15, 0.2) is 78.9 Å². The molecule has 152 valence electrons. The topological polar surface area (TPSA) is 46.9 Å². The van der Waals surface area contributed by atoms with Gasteiger partial charge in [-0.05, 0) is 49.1 Å². The number of hydrogen-bond donors (Lipinski definition) is 1. The number of rotatable bonds is 7. The number of carbonyl (C=O) groups excluding carboxylic acids is 1. The number of amides is 1. The molecule has 0 bridgehead atoms. The van der Waals surface area contributed by atoms with Crippen molar-refractivity contribution in [2.45, 2.75) is 39.3 Å². The van der Waals surface area contributed by atoms with Gasteiger partial charge in [-0.2, -0.15) is 0 Å². The molecule has 1 aromatic heterocycles. The van der Waals surface area contributed by atoms with Crippen LogP contribution >= 0.6 is 0 Å². The summed E-state index contributed by atoms with van der Waals surface area (Å²) in [5, 5.41) is 3.28. The van der Waals surface area contributed by atoms with Crippen molar-refractivity contribution in [2.75, 3.05) is 0 Å². The smallest absolute Gasteiger partial charge is 0.252 e. The number of benzene rings is 3. The fourth-order valence-electron chi connectivity index (χ4n) is 3.94. The van der Waals surface area contributed by atoms with Crippen molar-refractivity contribution in [1.29, 1.82) is 0 Å². The van der Waals surface area contributed by atoms with Crippen LogP contribution in [0.4, 0.5) is 0 Å². The van der Waals surface area contributed by atoms with Gasteiger partial charge in [0.25, 0.3) is 5.91 Å². The van der Waals surface area contributed by atoms with Crippen LogP contribution in [-0.4, -0.2) is 15.5 Å². The number of fused-ring (bicyclic) bond motifs is 1.